The molecule has 0 aliphatic carbocycles. The summed E-state index contributed by atoms with van der Waals surface area (Å²) in [7, 11) is -3.72. The third-order valence-electron chi connectivity index (χ3n) is 4.57. The molecule has 0 radical (unpaired) electrons. The molecule has 1 fully saturated rings. The summed E-state index contributed by atoms with van der Waals surface area (Å²) in [4.78, 5) is 18.2. The third kappa shape index (κ3) is 3.19. The molecule has 1 aromatic heterocycles. The Bertz CT molecular complexity index is 954. The normalized spacial score (nSPS) is 21.5. The zero-order valence-corrected chi connectivity index (χ0v) is 14.8. The van der Waals surface area contributed by atoms with Gasteiger partial charge in [-0.2, -0.15) is 13.5 Å². The number of carbonyl (C=O) groups excluding carboxylic acids is 1. The van der Waals surface area contributed by atoms with Crippen LogP contribution in [0.5, 0.6) is 0 Å². The average molecular weight is 374 g/mol. The molecule has 1 atom stereocenters. The van der Waals surface area contributed by atoms with Gasteiger partial charge >= 0.3 is 0 Å². The number of para-hydroxylation sites is 1. The second-order valence-corrected chi connectivity index (χ2v) is 7.92. The van der Waals surface area contributed by atoms with Gasteiger partial charge in [-0.25, -0.2) is 9.67 Å². The number of likely N-dealkylation sites (tertiary alicyclic amines) is 1. The Labute approximate surface area is 150 Å². The fourth-order valence-corrected chi connectivity index (χ4v) is 4.49. The molecule has 0 bridgehead atoms. The van der Waals surface area contributed by atoms with Crippen LogP contribution in [0, 0.1) is 5.92 Å². The van der Waals surface area contributed by atoms with Crippen LogP contribution in [0.4, 0.5) is 5.69 Å². The Kier molecular flexibility index (Phi) is 4.19. The predicted molar refractivity (Wildman–Crippen MR) is 94.0 cm³/mol. The fraction of sp³-hybridized carbons (Fsp3) is 0.375. The van der Waals surface area contributed by atoms with Crippen molar-refractivity contribution in [3.8, 4) is 0 Å². The number of nitrogens with one attached hydrogen (secondary N) is 1. The summed E-state index contributed by atoms with van der Waals surface area (Å²) in [5, 5.41) is 7.08. The lowest BCUT2D eigenvalue weighted by Crippen LogP contribution is -2.45. The number of aromatic nitrogens is 3. The number of hydrogen-bond donors (Lipinski definition) is 1. The van der Waals surface area contributed by atoms with Crippen molar-refractivity contribution in [3.63, 3.8) is 0 Å². The molecule has 2 aliphatic heterocycles. The Morgan fingerprint density at radius 3 is 2.96 bits per heavy atom. The number of sulfonamides is 1. The molecule has 1 saturated heterocycles. The first-order valence-corrected chi connectivity index (χ1v) is 9.78. The number of amides is 1. The van der Waals surface area contributed by atoms with E-state index in [1.165, 1.54) is 23.4 Å². The number of hydrogen-bond acceptors (Lipinski definition) is 6. The van der Waals surface area contributed by atoms with E-state index in [4.69, 9.17) is 0 Å². The lowest BCUT2D eigenvalue weighted by atomic mass is 9.96. The molecule has 0 saturated carbocycles. The van der Waals surface area contributed by atoms with Crippen molar-refractivity contribution < 1.29 is 13.2 Å². The molecule has 26 heavy (non-hydrogen) atoms. The van der Waals surface area contributed by atoms with Crippen molar-refractivity contribution in [3.05, 3.63) is 36.9 Å². The second kappa shape index (κ2) is 6.52. The molecule has 1 aromatic carbocycles. The maximum Gasteiger partial charge on any atom is 0.286 e. The molecule has 0 spiro atoms. The van der Waals surface area contributed by atoms with Crippen molar-refractivity contribution >= 4 is 27.5 Å². The third-order valence-corrected chi connectivity index (χ3v) is 5.92. The minimum atomic E-state index is -3.72. The average Bonchev–Trinajstić information content (AvgIpc) is 3.14. The van der Waals surface area contributed by atoms with Crippen LogP contribution in [0.3, 0.4) is 0 Å². The second-order valence-electron chi connectivity index (χ2n) is 6.34. The first kappa shape index (κ1) is 16.7. The lowest BCUT2D eigenvalue weighted by molar-refractivity contribution is -0.133. The van der Waals surface area contributed by atoms with Crippen molar-refractivity contribution in [2.45, 2.75) is 24.3 Å². The molecule has 3 heterocycles. The van der Waals surface area contributed by atoms with Gasteiger partial charge in [-0.1, -0.05) is 12.1 Å². The van der Waals surface area contributed by atoms with E-state index in [1.54, 1.807) is 23.1 Å². The van der Waals surface area contributed by atoms with Gasteiger partial charge in [0.1, 0.15) is 29.9 Å². The highest BCUT2D eigenvalue weighted by Gasteiger charge is 2.32. The van der Waals surface area contributed by atoms with Crippen LogP contribution in [0.15, 0.2) is 46.2 Å². The van der Waals surface area contributed by atoms with Crippen molar-refractivity contribution in [2.75, 3.05) is 18.4 Å². The van der Waals surface area contributed by atoms with Crippen LogP contribution in [-0.2, 0) is 21.4 Å². The molecular formula is C16H18N6O3S. The van der Waals surface area contributed by atoms with Gasteiger partial charge in [-0.05, 0) is 25.0 Å². The highest BCUT2D eigenvalue weighted by molar-refractivity contribution is 7.90. The topological polar surface area (TPSA) is 110 Å². The van der Waals surface area contributed by atoms with Crippen molar-refractivity contribution in [2.24, 2.45) is 10.3 Å². The molecule has 136 valence electrons. The number of amidine groups is 1. The highest BCUT2D eigenvalue weighted by Crippen LogP contribution is 2.30. The summed E-state index contributed by atoms with van der Waals surface area (Å²) in [6.07, 6.45) is 4.44. The molecular weight excluding hydrogens is 356 g/mol. The van der Waals surface area contributed by atoms with Crippen LogP contribution in [-0.4, -0.2) is 52.9 Å². The maximum absolute atomic E-state index is 12.5. The van der Waals surface area contributed by atoms with Crippen molar-refractivity contribution in [1.82, 2.24) is 19.7 Å². The van der Waals surface area contributed by atoms with E-state index in [9.17, 15) is 13.2 Å². The van der Waals surface area contributed by atoms with Gasteiger partial charge in [0.05, 0.1) is 5.69 Å². The molecule has 2 aromatic rings. The van der Waals surface area contributed by atoms with E-state index < -0.39 is 10.0 Å². The predicted octanol–water partition coefficient (Wildman–Crippen LogP) is 0.730. The summed E-state index contributed by atoms with van der Waals surface area (Å²) in [6.45, 7) is 1.19. The summed E-state index contributed by atoms with van der Waals surface area (Å²) in [6, 6.07) is 6.70. The SMILES string of the molecule is O=C(Cn1cncn1)N1CCC[C@H](C2=NS(=O)(=O)c3ccccc3N2)C1. The Balaban J connectivity index is 1.52. The molecule has 10 heteroatoms. The summed E-state index contributed by atoms with van der Waals surface area (Å²) < 4.78 is 30.3. The van der Waals surface area contributed by atoms with E-state index >= 15 is 0 Å². The molecule has 4 rings (SSSR count). The van der Waals surface area contributed by atoms with Crippen LogP contribution < -0.4 is 5.32 Å². The minimum absolute atomic E-state index is 0.0696. The number of piperidine rings is 1. The Morgan fingerprint density at radius 1 is 1.31 bits per heavy atom. The summed E-state index contributed by atoms with van der Waals surface area (Å²) >= 11 is 0. The van der Waals surface area contributed by atoms with Gasteiger partial charge in [0.25, 0.3) is 10.0 Å². The number of carbonyl (C=O) groups is 1. The van der Waals surface area contributed by atoms with Crippen LogP contribution in [0.25, 0.3) is 0 Å². The Hall–Kier alpha value is -2.75. The first-order valence-electron chi connectivity index (χ1n) is 8.34. The minimum Gasteiger partial charge on any atom is -0.342 e. The number of benzene rings is 1. The van der Waals surface area contributed by atoms with Crippen LogP contribution in [0.2, 0.25) is 0 Å². The van der Waals surface area contributed by atoms with Crippen LogP contribution in [0.1, 0.15) is 12.8 Å². The van der Waals surface area contributed by atoms with Gasteiger partial charge in [0.15, 0.2) is 0 Å². The maximum atomic E-state index is 12.5. The summed E-state index contributed by atoms with van der Waals surface area (Å²) in [5.74, 6) is 0.188. The molecule has 9 nitrogen and oxygen atoms in total. The highest BCUT2D eigenvalue weighted by atomic mass is 32.2. The molecule has 1 N–H and O–H groups in total. The van der Waals surface area contributed by atoms with E-state index in [0.29, 0.717) is 24.6 Å². The van der Waals surface area contributed by atoms with Crippen LogP contribution >= 0.6 is 0 Å². The molecule has 0 unspecified atom stereocenters. The van der Waals surface area contributed by atoms with E-state index in [1.807, 2.05) is 0 Å². The number of nitrogens with zero attached hydrogens (tertiary/aromatic N) is 5. The number of fused-ring (bicyclic) bond motifs is 1. The van der Waals surface area contributed by atoms with Gasteiger partial charge in [0, 0.05) is 19.0 Å². The quantitative estimate of drug-likeness (QED) is 0.848. The lowest BCUT2D eigenvalue weighted by Gasteiger charge is -2.34. The zero-order valence-electron chi connectivity index (χ0n) is 13.9. The fourth-order valence-electron chi connectivity index (χ4n) is 3.29. The standard InChI is InChI=1S/C16H18N6O3S/c23-15(9-22-11-17-10-18-22)21-7-3-4-12(8-21)16-19-13-5-1-2-6-14(13)26(24,25)20-16/h1-2,5-6,10-12H,3-4,7-9H2,(H,19,20)/t12-/m0/s1. The zero-order chi connectivity index (χ0) is 18.1. The van der Waals surface area contributed by atoms with E-state index in [0.717, 1.165) is 12.8 Å². The number of rotatable bonds is 3. The summed E-state index contributed by atoms with van der Waals surface area (Å²) in [5.41, 5.74) is 0.531. The van der Waals surface area contributed by atoms with Crippen molar-refractivity contribution in [1.29, 1.82) is 0 Å². The van der Waals surface area contributed by atoms with E-state index in [-0.39, 0.29) is 23.3 Å². The molecule has 2 aliphatic rings. The van der Waals surface area contributed by atoms with Gasteiger partial charge in [0.2, 0.25) is 5.91 Å². The number of anilines is 1. The largest absolute Gasteiger partial charge is 0.342 e. The Morgan fingerprint density at radius 2 is 2.15 bits per heavy atom. The monoisotopic (exact) mass is 374 g/mol. The van der Waals surface area contributed by atoms with Gasteiger partial charge in [-0.3, -0.25) is 4.79 Å². The molecule has 1 amide bonds. The van der Waals surface area contributed by atoms with E-state index in [2.05, 4.69) is 19.8 Å². The van der Waals surface area contributed by atoms with Gasteiger partial charge in [-0.15, -0.1) is 4.40 Å². The first-order chi connectivity index (χ1) is 12.5. The smallest absolute Gasteiger partial charge is 0.286 e. The van der Waals surface area contributed by atoms with Gasteiger partial charge < -0.3 is 10.2 Å².